The molecule has 1 atom stereocenters. The van der Waals surface area contributed by atoms with Gasteiger partial charge in [-0.2, -0.15) is 0 Å². The highest BCUT2D eigenvalue weighted by molar-refractivity contribution is 6.51. The number of nitrogens with zero attached hydrogens (tertiary/aromatic N) is 2. The molecule has 2 heterocycles. The fourth-order valence-corrected chi connectivity index (χ4v) is 3.96. The van der Waals surface area contributed by atoms with Crippen molar-refractivity contribution in [3.05, 3.63) is 95.6 Å². The number of aliphatic hydroxyl groups excluding tert-OH is 1. The number of halogens is 1. The molecule has 174 valence electrons. The molecule has 0 saturated carbocycles. The lowest BCUT2D eigenvalue weighted by atomic mass is 9.96. The van der Waals surface area contributed by atoms with Crippen LogP contribution >= 0.6 is 0 Å². The molecule has 0 bridgehead atoms. The number of pyridine rings is 1. The minimum Gasteiger partial charge on any atom is -0.507 e. The van der Waals surface area contributed by atoms with Crippen LogP contribution in [0.25, 0.3) is 5.76 Å². The van der Waals surface area contributed by atoms with E-state index in [1.165, 1.54) is 35.4 Å². The van der Waals surface area contributed by atoms with E-state index < -0.39 is 23.5 Å². The zero-order chi connectivity index (χ0) is 24.1. The predicted octanol–water partition coefficient (Wildman–Crippen LogP) is 5.42. The Labute approximate surface area is 197 Å². The van der Waals surface area contributed by atoms with E-state index in [1.807, 2.05) is 0 Å². The molecule has 1 unspecified atom stereocenters. The van der Waals surface area contributed by atoms with Crippen LogP contribution in [0, 0.1) is 5.82 Å². The molecule has 0 aliphatic carbocycles. The SMILES string of the molecule is CCCCCOc1ccc(/C(O)=C2/C(=O)C(=O)N(c3ccc(F)cc3)C2c2cccnc2)cc1. The predicted molar refractivity (Wildman–Crippen MR) is 127 cm³/mol. The molecule has 1 saturated heterocycles. The smallest absolute Gasteiger partial charge is 0.300 e. The fraction of sp³-hybridized carbons (Fsp3) is 0.222. The summed E-state index contributed by atoms with van der Waals surface area (Å²) in [7, 11) is 0. The third-order valence-corrected chi connectivity index (χ3v) is 5.69. The van der Waals surface area contributed by atoms with Crippen molar-refractivity contribution in [3.8, 4) is 5.75 Å². The number of anilines is 1. The molecule has 34 heavy (non-hydrogen) atoms. The van der Waals surface area contributed by atoms with Gasteiger partial charge in [0, 0.05) is 23.6 Å². The lowest BCUT2D eigenvalue weighted by molar-refractivity contribution is -0.132. The molecule has 6 nitrogen and oxygen atoms in total. The van der Waals surface area contributed by atoms with Crippen molar-refractivity contribution in [3.63, 3.8) is 0 Å². The second-order valence-electron chi connectivity index (χ2n) is 8.01. The first-order valence-electron chi connectivity index (χ1n) is 11.2. The summed E-state index contributed by atoms with van der Waals surface area (Å²) in [6.45, 7) is 2.72. The molecule has 1 aliphatic heterocycles. The van der Waals surface area contributed by atoms with E-state index in [4.69, 9.17) is 4.74 Å². The Hall–Kier alpha value is -4.00. The van der Waals surface area contributed by atoms with Crippen LogP contribution in [-0.4, -0.2) is 28.4 Å². The number of carbonyl (C=O) groups excluding carboxylic acids is 2. The highest BCUT2D eigenvalue weighted by atomic mass is 19.1. The molecule has 3 aromatic rings. The van der Waals surface area contributed by atoms with Crippen molar-refractivity contribution < 1.29 is 23.8 Å². The summed E-state index contributed by atoms with van der Waals surface area (Å²) in [4.78, 5) is 31.5. The summed E-state index contributed by atoms with van der Waals surface area (Å²) in [5.41, 5.74) is 1.21. The number of benzene rings is 2. The number of amides is 1. The molecular formula is C27H25FN2O4. The number of hydrogen-bond donors (Lipinski definition) is 1. The number of aliphatic hydroxyl groups is 1. The Balaban J connectivity index is 1.73. The van der Waals surface area contributed by atoms with Gasteiger partial charge in [0.2, 0.25) is 0 Å². The minimum atomic E-state index is -0.913. The van der Waals surface area contributed by atoms with Gasteiger partial charge in [-0.15, -0.1) is 0 Å². The second-order valence-corrected chi connectivity index (χ2v) is 8.01. The minimum absolute atomic E-state index is 0.0565. The average molecular weight is 461 g/mol. The van der Waals surface area contributed by atoms with Gasteiger partial charge in [0.25, 0.3) is 11.7 Å². The third kappa shape index (κ3) is 4.69. The maximum absolute atomic E-state index is 13.5. The van der Waals surface area contributed by atoms with E-state index in [1.54, 1.807) is 42.6 Å². The molecular weight excluding hydrogens is 435 g/mol. The van der Waals surface area contributed by atoms with Gasteiger partial charge in [0.1, 0.15) is 17.3 Å². The molecule has 1 fully saturated rings. The van der Waals surface area contributed by atoms with Crippen molar-refractivity contribution >= 4 is 23.1 Å². The van der Waals surface area contributed by atoms with Crippen LogP contribution in [0.3, 0.4) is 0 Å². The Bertz CT molecular complexity index is 1190. The normalized spacial score (nSPS) is 17.2. The van der Waals surface area contributed by atoms with Crippen LogP contribution in [0.5, 0.6) is 5.75 Å². The number of Topliss-reactive ketones (excluding diaryl/α,β-unsaturated/α-hetero) is 1. The number of carbonyl (C=O) groups is 2. The molecule has 4 rings (SSSR count). The van der Waals surface area contributed by atoms with Gasteiger partial charge >= 0.3 is 0 Å². The van der Waals surface area contributed by atoms with Crippen LogP contribution in [0.1, 0.15) is 43.4 Å². The lowest BCUT2D eigenvalue weighted by Crippen LogP contribution is -2.29. The van der Waals surface area contributed by atoms with Crippen LogP contribution in [-0.2, 0) is 9.59 Å². The van der Waals surface area contributed by atoms with Gasteiger partial charge < -0.3 is 9.84 Å². The summed E-state index contributed by atoms with van der Waals surface area (Å²) < 4.78 is 19.2. The quantitative estimate of drug-likeness (QED) is 0.210. The van der Waals surface area contributed by atoms with Crippen molar-refractivity contribution in [1.29, 1.82) is 0 Å². The van der Waals surface area contributed by atoms with Crippen molar-refractivity contribution in [2.45, 2.75) is 32.2 Å². The first-order valence-corrected chi connectivity index (χ1v) is 11.2. The molecule has 1 aliphatic rings. The number of unbranched alkanes of at least 4 members (excludes halogenated alkanes) is 2. The Morgan fingerprint density at radius 3 is 2.44 bits per heavy atom. The molecule has 7 heteroatoms. The maximum atomic E-state index is 13.5. The van der Waals surface area contributed by atoms with Gasteiger partial charge in [-0.3, -0.25) is 19.5 Å². The fourth-order valence-electron chi connectivity index (χ4n) is 3.96. The van der Waals surface area contributed by atoms with E-state index in [0.717, 1.165) is 19.3 Å². The van der Waals surface area contributed by atoms with Crippen LogP contribution in [0.2, 0.25) is 0 Å². The Kier molecular flexibility index (Phi) is 7.01. The zero-order valence-corrected chi connectivity index (χ0v) is 18.8. The van der Waals surface area contributed by atoms with Gasteiger partial charge in [-0.1, -0.05) is 25.8 Å². The Morgan fingerprint density at radius 2 is 1.79 bits per heavy atom. The van der Waals surface area contributed by atoms with Gasteiger partial charge in [-0.25, -0.2) is 4.39 Å². The first-order chi connectivity index (χ1) is 16.5. The second kappa shape index (κ2) is 10.3. The Morgan fingerprint density at radius 1 is 1.06 bits per heavy atom. The van der Waals surface area contributed by atoms with Crippen LogP contribution in [0.4, 0.5) is 10.1 Å². The molecule has 1 N–H and O–H groups in total. The monoisotopic (exact) mass is 460 g/mol. The van der Waals surface area contributed by atoms with E-state index in [9.17, 15) is 19.1 Å². The van der Waals surface area contributed by atoms with Gasteiger partial charge in [0.15, 0.2) is 0 Å². The number of rotatable bonds is 8. The highest BCUT2D eigenvalue weighted by Gasteiger charge is 2.47. The number of hydrogen-bond acceptors (Lipinski definition) is 5. The summed E-state index contributed by atoms with van der Waals surface area (Å²) in [6, 6.07) is 14.5. The van der Waals surface area contributed by atoms with E-state index >= 15 is 0 Å². The van der Waals surface area contributed by atoms with Crippen LogP contribution in [0.15, 0.2) is 78.6 Å². The third-order valence-electron chi connectivity index (χ3n) is 5.69. The molecule has 0 radical (unpaired) electrons. The number of aromatic nitrogens is 1. The van der Waals surface area contributed by atoms with Crippen molar-refractivity contribution in [2.75, 3.05) is 11.5 Å². The topological polar surface area (TPSA) is 79.7 Å². The van der Waals surface area contributed by atoms with Crippen LogP contribution < -0.4 is 9.64 Å². The van der Waals surface area contributed by atoms with E-state index in [-0.39, 0.29) is 11.3 Å². The largest absolute Gasteiger partial charge is 0.507 e. The van der Waals surface area contributed by atoms with Gasteiger partial charge in [0.05, 0.1) is 18.2 Å². The molecule has 1 amide bonds. The van der Waals surface area contributed by atoms with Gasteiger partial charge in [-0.05, 0) is 66.6 Å². The number of ether oxygens (including phenoxy) is 1. The van der Waals surface area contributed by atoms with E-state index in [2.05, 4.69) is 11.9 Å². The molecule has 0 spiro atoms. The maximum Gasteiger partial charge on any atom is 0.300 e. The first kappa shape index (κ1) is 23.2. The standard InChI is InChI=1S/C27H25FN2O4/c1-2-3-4-16-34-22-13-7-18(8-14-22)25(31)23-24(19-6-5-15-29-17-19)30(27(33)26(23)32)21-11-9-20(28)10-12-21/h5-15,17,24,31H,2-4,16H2,1H3/b25-23-. The summed E-state index contributed by atoms with van der Waals surface area (Å²) in [5, 5.41) is 11.1. The summed E-state index contributed by atoms with van der Waals surface area (Å²) >= 11 is 0. The highest BCUT2D eigenvalue weighted by Crippen LogP contribution is 2.42. The van der Waals surface area contributed by atoms with E-state index in [0.29, 0.717) is 29.2 Å². The lowest BCUT2D eigenvalue weighted by Gasteiger charge is -2.25. The molecule has 2 aromatic carbocycles. The summed E-state index contributed by atoms with van der Waals surface area (Å²) in [6.07, 6.45) is 6.25. The zero-order valence-electron chi connectivity index (χ0n) is 18.8. The van der Waals surface area contributed by atoms with Crippen molar-refractivity contribution in [2.24, 2.45) is 0 Å². The van der Waals surface area contributed by atoms with Crippen molar-refractivity contribution in [1.82, 2.24) is 4.98 Å². The molecule has 1 aromatic heterocycles. The summed E-state index contributed by atoms with van der Waals surface area (Å²) in [5.74, 6) is -1.73. The average Bonchev–Trinajstić information content (AvgIpc) is 3.13. The number of ketones is 1.